The Balaban J connectivity index is 1.46. The zero-order chi connectivity index (χ0) is 17.6. The van der Waals surface area contributed by atoms with Crippen molar-refractivity contribution in [3.05, 3.63) is 71.8 Å². The number of likely N-dealkylation sites (tertiary alicyclic amines) is 1. The highest BCUT2D eigenvalue weighted by atomic mass is 15.2. The van der Waals surface area contributed by atoms with Crippen LogP contribution in [-0.4, -0.2) is 30.1 Å². The lowest BCUT2D eigenvalue weighted by molar-refractivity contribution is 0.155. The lowest BCUT2D eigenvalue weighted by Gasteiger charge is -2.41. The van der Waals surface area contributed by atoms with E-state index in [1.807, 2.05) is 0 Å². The fraction of sp³-hybridized carbons (Fsp3) is 0.500. The van der Waals surface area contributed by atoms with Gasteiger partial charge in [-0.1, -0.05) is 79.9 Å². The van der Waals surface area contributed by atoms with Gasteiger partial charge in [-0.05, 0) is 30.4 Å². The van der Waals surface area contributed by atoms with Gasteiger partial charge in [0.2, 0.25) is 0 Å². The summed E-state index contributed by atoms with van der Waals surface area (Å²) < 4.78 is 0. The Morgan fingerprint density at radius 1 is 0.808 bits per heavy atom. The first-order valence-electron chi connectivity index (χ1n) is 10.5. The Bertz CT molecular complexity index is 648. The van der Waals surface area contributed by atoms with Gasteiger partial charge in [-0.2, -0.15) is 0 Å². The van der Waals surface area contributed by atoms with Crippen LogP contribution in [-0.2, 0) is 6.54 Å². The molecule has 1 saturated carbocycles. The summed E-state index contributed by atoms with van der Waals surface area (Å²) in [6.07, 6.45) is 8.22. The average Bonchev–Trinajstić information content (AvgIpc) is 2.71. The molecule has 2 heteroatoms. The van der Waals surface area contributed by atoms with Crippen LogP contribution in [0.15, 0.2) is 60.7 Å². The second-order valence-electron chi connectivity index (χ2n) is 8.13. The Kier molecular flexibility index (Phi) is 6.03. The van der Waals surface area contributed by atoms with E-state index in [0.717, 1.165) is 19.1 Å². The average molecular weight is 349 g/mol. The molecular formula is C24H32N2. The lowest BCUT2D eigenvalue weighted by Crippen LogP contribution is -2.51. The van der Waals surface area contributed by atoms with Crippen LogP contribution in [0.25, 0.3) is 0 Å². The minimum absolute atomic E-state index is 0.593. The van der Waals surface area contributed by atoms with Crippen molar-refractivity contribution >= 4 is 0 Å². The summed E-state index contributed by atoms with van der Waals surface area (Å²) in [5.74, 6) is 0.593. The van der Waals surface area contributed by atoms with Gasteiger partial charge in [0.05, 0.1) is 0 Å². The molecule has 1 aliphatic heterocycles. The first-order chi connectivity index (χ1) is 12.9. The zero-order valence-corrected chi connectivity index (χ0v) is 15.8. The molecule has 1 saturated heterocycles. The van der Waals surface area contributed by atoms with E-state index in [0.29, 0.717) is 12.0 Å². The molecule has 1 aliphatic carbocycles. The van der Waals surface area contributed by atoms with E-state index in [1.54, 1.807) is 0 Å². The molecule has 2 atom stereocenters. The van der Waals surface area contributed by atoms with Gasteiger partial charge < -0.3 is 5.32 Å². The molecule has 2 aromatic carbocycles. The van der Waals surface area contributed by atoms with Crippen LogP contribution in [0.1, 0.15) is 55.6 Å². The first-order valence-corrected chi connectivity index (χ1v) is 10.5. The molecule has 2 aromatic rings. The van der Waals surface area contributed by atoms with Crippen molar-refractivity contribution in [3.63, 3.8) is 0 Å². The van der Waals surface area contributed by atoms with Crippen molar-refractivity contribution < 1.29 is 0 Å². The molecule has 0 bridgehead atoms. The summed E-state index contributed by atoms with van der Waals surface area (Å²) in [5.41, 5.74) is 2.93. The van der Waals surface area contributed by atoms with Gasteiger partial charge in [-0.3, -0.25) is 4.90 Å². The van der Waals surface area contributed by atoms with Crippen LogP contribution >= 0.6 is 0 Å². The van der Waals surface area contributed by atoms with Gasteiger partial charge in [0.25, 0.3) is 0 Å². The molecule has 0 radical (unpaired) electrons. The molecule has 1 heterocycles. The van der Waals surface area contributed by atoms with Crippen molar-refractivity contribution in [2.24, 2.45) is 0 Å². The molecule has 0 spiro atoms. The molecule has 4 rings (SSSR count). The molecule has 0 aromatic heterocycles. The first kappa shape index (κ1) is 17.8. The van der Waals surface area contributed by atoms with E-state index in [1.165, 1.54) is 56.2 Å². The maximum absolute atomic E-state index is 4.06. The molecular weight excluding hydrogens is 316 g/mol. The van der Waals surface area contributed by atoms with E-state index in [2.05, 4.69) is 70.9 Å². The fourth-order valence-corrected chi connectivity index (χ4v) is 4.81. The third kappa shape index (κ3) is 4.55. The third-order valence-corrected chi connectivity index (χ3v) is 6.23. The van der Waals surface area contributed by atoms with Crippen molar-refractivity contribution in [3.8, 4) is 0 Å². The van der Waals surface area contributed by atoms with Crippen molar-refractivity contribution in [1.82, 2.24) is 10.2 Å². The summed E-state index contributed by atoms with van der Waals surface area (Å²) in [6, 6.07) is 23.5. The predicted octanol–water partition coefficient (Wildman–Crippen LogP) is 4.97. The highest BCUT2D eigenvalue weighted by Gasteiger charge is 2.31. The van der Waals surface area contributed by atoms with Crippen molar-refractivity contribution in [1.29, 1.82) is 0 Å². The summed E-state index contributed by atoms with van der Waals surface area (Å²) in [6.45, 7) is 3.42. The molecule has 26 heavy (non-hydrogen) atoms. The van der Waals surface area contributed by atoms with E-state index in [4.69, 9.17) is 0 Å². The summed E-state index contributed by atoms with van der Waals surface area (Å²) >= 11 is 0. The van der Waals surface area contributed by atoms with Crippen LogP contribution in [0.5, 0.6) is 0 Å². The minimum atomic E-state index is 0.593. The van der Waals surface area contributed by atoms with Crippen LogP contribution in [0.3, 0.4) is 0 Å². The SMILES string of the molecule is c1ccc(CN2CC[C@@H](NC3CCCCC3)[C@H](c3ccccc3)C2)cc1. The maximum atomic E-state index is 4.06. The highest BCUT2D eigenvalue weighted by Crippen LogP contribution is 2.30. The number of nitrogens with zero attached hydrogens (tertiary/aromatic N) is 1. The molecule has 1 N–H and O–H groups in total. The molecule has 2 aliphatic rings. The Hall–Kier alpha value is -1.64. The smallest absolute Gasteiger partial charge is 0.0234 e. The molecule has 138 valence electrons. The zero-order valence-electron chi connectivity index (χ0n) is 15.8. The molecule has 0 unspecified atom stereocenters. The highest BCUT2D eigenvalue weighted by molar-refractivity contribution is 5.23. The third-order valence-electron chi connectivity index (χ3n) is 6.23. The summed E-state index contributed by atoms with van der Waals surface area (Å²) in [4.78, 5) is 2.64. The minimum Gasteiger partial charge on any atom is -0.311 e. The van der Waals surface area contributed by atoms with Gasteiger partial charge in [-0.15, -0.1) is 0 Å². The Labute approximate surface area is 158 Å². The molecule has 0 amide bonds. The largest absolute Gasteiger partial charge is 0.311 e. The second kappa shape index (κ2) is 8.83. The van der Waals surface area contributed by atoms with E-state index < -0.39 is 0 Å². The fourth-order valence-electron chi connectivity index (χ4n) is 4.81. The van der Waals surface area contributed by atoms with Crippen LogP contribution in [0, 0.1) is 0 Å². The molecule has 2 fully saturated rings. The Morgan fingerprint density at radius 3 is 2.23 bits per heavy atom. The Morgan fingerprint density at radius 2 is 1.50 bits per heavy atom. The van der Waals surface area contributed by atoms with E-state index in [-0.39, 0.29) is 0 Å². The van der Waals surface area contributed by atoms with Gasteiger partial charge in [0, 0.05) is 37.6 Å². The van der Waals surface area contributed by atoms with Crippen molar-refractivity contribution in [2.45, 2.75) is 63.1 Å². The summed E-state index contributed by atoms with van der Waals surface area (Å²) in [7, 11) is 0. The number of benzene rings is 2. The number of rotatable bonds is 5. The summed E-state index contributed by atoms with van der Waals surface area (Å²) in [5, 5.41) is 4.06. The van der Waals surface area contributed by atoms with E-state index in [9.17, 15) is 0 Å². The number of nitrogens with one attached hydrogen (secondary N) is 1. The second-order valence-corrected chi connectivity index (χ2v) is 8.13. The number of piperidine rings is 1. The molecule has 2 nitrogen and oxygen atoms in total. The number of hydrogen-bond acceptors (Lipinski definition) is 2. The topological polar surface area (TPSA) is 15.3 Å². The van der Waals surface area contributed by atoms with Gasteiger partial charge >= 0.3 is 0 Å². The van der Waals surface area contributed by atoms with Crippen LogP contribution in [0.4, 0.5) is 0 Å². The normalized spacial score (nSPS) is 25.2. The van der Waals surface area contributed by atoms with Crippen LogP contribution < -0.4 is 5.32 Å². The monoisotopic (exact) mass is 348 g/mol. The van der Waals surface area contributed by atoms with Crippen LogP contribution in [0.2, 0.25) is 0 Å². The lowest BCUT2D eigenvalue weighted by atomic mass is 9.84. The quantitative estimate of drug-likeness (QED) is 0.821. The van der Waals surface area contributed by atoms with Crippen molar-refractivity contribution in [2.75, 3.05) is 13.1 Å². The number of hydrogen-bond donors (Lipinski definition) is 1. The van der Waals surface area contributed by atoms with E-state index >= 15 is 0 Å². The predicted molar refractivity (Wildman–Crippen MR) is 109 cm³/mol. The van der Waals surface area contributed by atoms with Gasteiger partial charge in [0.15, 0.2) is 0 Å². The maximum Gasteiger partial charge on any atom is 0.0234 e. The van der Waals surface area contributed by atoms with Gasteiger partial charge in [0.1, 0.15) is 0 Å². The van der Waals surface area contributed by atoms with Gasteiger partial charge in [-0.25, -0.2) is 0 Å². The standard InChI is InChI=1S/C24H32N2/c1-4-10-20(11-5-1)18-26-17-16-24(25-22-14-8-3-9-15-22)23(19-26)21-12-6-2-7-13-21/h1-2,4-7,10-13,22-25H,3,8-9,14-19H2/t23-,24+/m0/s1.